The molecule has 0 unspecified atom stereocenters. The number of halogens is 6. The molecular weight excluding hydrogens is 474 g/mol. The Labute approximate surface area is 194 Å². The van der Waals surface area contributed by atoms with Crippen LogP contribution in [0.2, 0.25) is 0 Å². The maximum atomic E-state index is 13.0. The zero-order chi connectivity index (χ0) is 25.4. The molecule has 1 amide bonds. The van der Waals surface area contributed by atoms with Crippen molar-refractivity contribution in [2.24, 2.45) is 0 Å². The number of nitrogens with one attached hydrogen (secondary N) is 1. The van der Waals surface area contributed by atoms with E-state index in [1.54, 1.807) is 0 Å². The molecule has 1 N–H and O–H groups in total. The van der Waals surface area contributed by atoms with Crippen molar-refractivity contribution in [1.29, 1.82) is 0 Å². The highest BCUT2D eigenvalue weighted by Crippen LogP contribution is 2.32. The number of pyridine rings is 1. The van der Waals surface area contributed by atoms with Gasteiger partial charge in [-0.1, -0.05) is 18.2 Å². The number of fused-ring (bicyclic) bond motifs is 1. The molecule has 1 heterocycles. The highest BCUT2D eigenvalue weighted by atomic mass is 19.4. The normalized spacial score (nSPS) is 11.9. The van der Waals surface area contributed by atoms with Crippen LogP contribution < -0.4 is 5.32 Å². The van der Waals surface area contributed by atoms with Gasteiger partial charge in [0.25, 0.3) is 5.91 Å². The van der Waals surface area contributed by atoms with Crippen LogP contribution in [0.25, 0.3) is 10.9 Å². The third kappa shape index (κ3) is 5.16. The molecule has 0 fully saturated rings. The van der Waals surface area contributed by atoms with Gasteiger partial charge in [0.2, 0.25) is 0 Å². The second-order valence-corrected chi connectivity index (χ2v) is 7.53. The first-order valence-electron chi connectivity index (χ1n) is 10.0. The molecule has 0 aliphatic rings. The summed E-state index contributed by atoms with van der Waals surface area (Å²) in [6.45, 7) is 0. The smallest absolute Gasteiger partial charge is 0.321 e. The summed E-state index contributed by atoms with van der Waals surface area (Å²) < 4.78 is 78.0. The maximum absolute atomic E-state index is 13.0. The molecule has 0 saturated carbocycles. The number of amides is 1. The number of anilines is 1. The number of aromatic nitrogens is 1. The largest absolute Gasteiger partial charge is 0.416 e. The van der Waals surface area contributed by atoms with E-state index in [0.29, 0.717) is 11.6 Å². The van der Waals surface area contributed by atoms with Crippen LogP contribution in [0.1, 0.15) is 37.4 Å². The lowest BCUT2D eigenvalue weighted by Gasteiger charge is -2.12. The number of hydrogen-bond acceptors (Lipinski definition) is 3. The number of benzene rings is 3. The lowest BCUT2D eigenvalue weighted by molar-refractivity contribution is -0.138. The molecule has 4 nitrogen and oxygen atoms in total. The van der Waals surface area contributed by atoms with Gasteiger partial charge < -0.3 is 5.32 Å². The second kappa shape index (κ2) is 8.86. The molecular formula is C25H14F6N2O2. The minimum absolute atomic E-state index is 0.0411. The van der Waals surface area contributed by atoms with Gasteiger partial charge in [0, 0.05) is 28.3 Å². The quantitative estimate of drug-likeness (QED) is 0.255. The lowest BCUT2D eigenvalue weighted by atomic mass is 9.99. The van der Waals surface area contributed by atoms with Gasteiger partial charge in [-0.15, -0.1) is 0 Å². The topological polar surface area (TPSA) is 59.1 Å². The first kappa shape index (κ1) is 23.9. The van der Waals surface area contributed by atoms with Crippen molar-refractivity contribution >= 4 is 28.3 Å². The summed E-state index contributed by atoms with van der Waals surface area (Å²) in [7, 11) is 0. The molecule has 0 radical (unpaired) electrons. The maximum Gasteiger partial charge on any atom is 0.416 e. The van der Waals surface area contributed by atoms with Crippen molar-refractivity contribution in [1.82, 2.24) is 4.98 Å². The summed E-state index contributed by atoms with van der Waals surface area (Å²) in [5, 5.41) is 2.79. The van der Waals surface area contributed by atoms with Crippen LogP contribution in [0, 0.1) is 0 Å². The van der Waals surface area contributed by atoms with Gasteiger partial charge in [-0.25, -0.2) is 0 Å². The number of rotatable bonds is 4. The fourth-order valence-corrected chi connectivity index (χ4v) is 3.43. The Morgan fingerprint density at radius 3 is 1.89 bits per heavy atom. The number of ketones is 1. The molecule has 3 aromatic carbocycles. The van der Waals surface area contributed by atoms with Crippen LogP contribution in [0.4, 0.5) is 32.0 Å². The molecule has 10 heteroatoms. The van der Waals surface area contributed by atoms with Gasteiger partial charge in [0.1, 0.15) is 0 Å². The minimum Gasteiger partial charge on any atom is -0.321 e. The fraction of sp³-hybridized carbons (Fsp3) is 0.0800. The highest BCUT2D eigenvalue weighted by molar-refractivity contribution is 6.13. The van der Waals surface area contributed by atoms with E-state index in [1.807, 2.05) is 0 Å². The molecule has 4 rings (SSSR count). The van der Waals surface area contributed by atoms with Crippen LogP contribution >= 0.6 is 0 Å². The number of alkyl halides is 6. The van der Waals surface area contributed by atoms with E-state index in [9.17, 15) is 35.9 Å². The summed E-state index contributed by atoms with van der Waals surface area (Å²) in [6.07, 6.45) is -7.89. The Bertz CT molecular complexity index is 1440. The van der Waals surface area contributed by atoms with E-state index in [4.69, 9.17) is 0 Å². The van der Waals surface area contributed by atoms with Crippen LogP contribution in [0.3, 0.4) is 0 Å². The Morgan fingerprint density at radius 2 is 1.26 bits per heavy atom. The van der Waals surface area contributed by atoms with Gasteiger partial charge in [0.15, 0.2) is 5.78 Å². The molecule has 35 heavy (non-hydrogen) atoms. The summed E-state index contributed by atoms with van der Waals surface area (Å²) in [6, 6.07) is 13.4. The fourth-order valence-electron chi connectivity index (χ4n) is 3.43. The predicted octanol–water partition coefficient (Wildman–Crippen LogP) is 6.76. The first-order chi connectivity index (χ1) is 16.4. The van der Waals surface area contributed by atoms with Crippen molar-refractivity contribution < 1.29 is 35.9 Å². The van der Waals surface area contributed by atoms with Crippen molar-refractivity contribution in [3.8, 4) is 0 Å². The lowest BCUT2D eigenvalue weighted by Crippen LogP contribution is -2.14. The monoisotopic (exact) mass is 488 g/mol. The Balaban J connectivity index is 1.68. The van der Waals surface area contributed by atoms with Gasteiger partial charge in [-0.3, -0.25) is 14.6 Å². The van der Waals surface area contributed by atoms with Crippen LogP contribution in [-0.2, 0) is 12.4 Å². The van der Waals surface area contributed by atoms with Crippen molar-refractivity contribution in [3.05, 3.63) is 107 Å². The van der Waals surface area contributed by atoms with E-state index < -0.39 is 35.2 Å². The molecule has 1 aromatic heterocycles. The third-order valence-electron chi connectivity index (χ3n) is 5.16. The van der Waals surface area contributed by atoms with Crippen LogP contribution in [0.5, 0.6) is 0 Å². The molecule has 0 atom stereocenters. The molecule has 0 aliphatic heterocycles. The predicted molar refractivity (Wildman–Crippen MR) is 116 cm³/mol. The number of hydrogen-bond donors (Lipinski definition) is 1. The Kier molecular flexibility index (Phi) is 6.06. The number of carbonyl (C=O) groups excluding carboxylic acids is 2. The Hall–Kier alpha value is -4.21. The zero-order valence-corrected chi connectivity index (χ0v) is 17.5. The average molecular weight is 488 g/mol. The summed E-state index contributed by atoms with van der Waals surface area (Å²) in [5.41, 5.74) is -1.82. The molecule has 0 saturated heterocycles. The summed E-state index contributed by atoms with van der Waals surface area (Å²) in [4.78, 5) is 29.6. The zero-order valence-electron chi connectivity index (χ0n) is 17.5. The minimum atomic E-state index is -4.63. The first-order valence-corrected chi connectivity index (χ1v) is 10.0. The molecule has 0 aliphatic carbocycles. The number of nitrogens with zero attached hydrogens (tertiary/aromatic N) is 1. The summed E-state index contributed by atoms with van der Waals surface area (Å²) in [5.74, 6) is -1.50. The Morgan fingerprint density at radius 1 is 0.686 bits per heavy atom. The molecule has 0 spiro atoms. The van der Waals surface area contributed by atoms with Crippen molar-refractivity contribution in [3.63, 3.8) is 0 Å². The van der Waals surface area contributed by atoms with Gasteiger partial charge in [0.05, 0.1) is 22.3 Å². The van der Waals surface area contributed by atoms with Gasteiger partial charge >= 0.3 is 12.4 Å². The standard InChI is InChI=1S/C25H14F6N2O2/c26-24(27,28)17-5-1-3-14(11-17)22(34)15-7-8-20-19(13-15)21(9-10-32-20)33-23(35)16-4-2-6-18(12-16)25(29,30)31/h1-13H,(H,32,33,35). The number of carbonyl (C=O) groups is 2. The third-order valence-corrected chi connectivity index (χ3v) is 5.16. The van der Waals surface area contributed by atoms with Crippen molar-refractivity contribution in [2.45, 2.75) is 12.4 Å². The van der Waals surface area contributed by atoms with E-state index in [0.717, 1.165) is 30.3 Å². The van der Waals surface area contributed by atoms with Crippen molar-refractivity contribution in [2.75, 3.05) is 5.32 Å². The van der Waals surface area contributed by atoms with E-state index in [1.165, 1.54) is 42.6 Å². The highest BCUT2D eigenvalue weighted by Gasteiger charge is 2.32. The van der Waals surface area contributed by atoms with Gasteiger partial charge in [-0.2, -0.15) is 26.3 Å². The van der Waals surface area contributed by atoms with E-state index in [-0.39, 0.29) is 27.8 Å². The van der Waals surface area contributed by atoms with Crippen LogP contribution in [0.15, 0.2) is 79.0 Å². The molecule has 178 valence electrons. The van der Waals surface area contributed by atoms with Crippen LogP contribution in [-0.4, -0.2) is 16.7 Å². The average Bonchev–Trinajstić information content (AvgIpc) is 2.82. The SMILES string of the molecule is O=C(Nc1ccnc2ccc(C(=O)c3cccc(C(F)(F)F)c3)cc12)c1cccc(C(F)(F)F)c1. The van der Waals surface area contributed by atoms with Gasteiger partial charge in [-0.05, 0) is 54.6 Å². The molecule has 0 bridgehead atoms. The second-order valence-electron chi connectivity index (χ2n) is 7.53. The van der Waals surface area contributed by atoms with E-state index >= 15 is 0 Å². The van der Waals surface area contributed by atoms with E-state index in [2.05, 4.69) is 10.3 Å². The summed E-state index contributed by atoms with van der Waals surface area (Å²) >= 11 is 0. The molecule has 4 aromatic rings.